The van der Waals surface area contributed by atoms with E-state index in [9.17, 15) is 9.59 Å². The largest absolute Gasteiger partial charge is 0.467 e. The summed E-state index contributed by atoms with van der Waals surface area (Å²) in [5.74, 6) is -0.439. The molecule has 21 heavy (non-hydrogen) atoms. The molecule has 1 saturated heterocycles. The van der Waals surface area contributed by atoms with Crippen molar-refractivity contribution in [2.45, 2.75) is 25.3 Å². The SMILES string of the molecule is COC(=O)C1CCCCN1C(=O)c1ccc2cc[nH]c2c1. The van der Waals surface area contributed by atoms with E-state index in [0.717, 1.165) is 23.7 Å². The second kappa shape index (κ2) is 5.60. The Morgan fingerprint density at radius 2 is 2.14 bits per heavy atom. The summed E-state index contributed by atoms with van der Waals surface area (Å²) in [6.07, 6.45) is 4.38. The molecule has 1 aromatic heterocycles. The predicted molar refractivity (Wildman–Crippen MR) is 79.0 cm³/mol. The highest BCUT2D eigenvalue weighted by molar-refractivity contribution is 5.99. The number of aromatic nitrogens is 1. The third kappa shape index (κ3) is 2.51. The monoisotopic (exact) mass is 286 g/mol. The number of methoxy groups -OCH3 is 1. The lowest BCUT2D eigenvalue weighted by atomic mass is 10.0. The Morgan fingerprint density at radius 1 is 1.29 bits per heavy atom. The van der Waals surface area contributed by atoms with Gasteiger partial charge in [0.25, 0.3) is 5.91 Å². The number of nitrogens with zero attached hydrogens (tertiary/aromatic N) is 1. The first kappa shape index (κ1) is 13.7. The number of fused-ring (bicyclic) bond motifs is 1. The molecule has 1 N–H and O–H groups in total. The van der Waals surface area contributed by atoms with Crippen molar-refractivity contribution in [2.75, 3.05) is 13.7 Å². The fourth-order valence-electron chi connectivity index (χ4n) is 2.90. The summed E-state index contributed by atoms with van der Waals surface area (Å²) in [6, 6.07) is 7.05. The number of hydrogen-bond donors (Lipinski definition) is 1. The van der Waals surface area contributed by atoms with Gasteiger partial charge in [-0.25, -0.2) is 4.79 Å². The summed E-state index contributed by atoms with van der Waals surface area (Å²) >= 11 is 0. The van der Waals surface area contributed by atoms with E-state index in [4.69, 9.17) is 4.74 Å². The molecule has 1 unspecified atom stereocenters. The molecule has 0 radical (unpaired) electrons. The summed E-state index contributed by atoms with van der Waals surface area (Å²) in [5, 5.41) is 1.06. The standard InChI is InChI=1S/C16H18N2O3/c1-21-16(20)14-4-2-3-9-18(14)15(19)12-6-5-11-7-8-17-13(11)10-12/h5-8,10,14,17H,2-4,9H2,1H3. The number of likely N-dealkylation sites (tertiary alicyclic amines) is 1. The molecule has 1 atom stereocenters. The highest BCUT2D eigenvalue weighted by atomic mass is 16.5. The molecular formula is C16H18N2O3. The summed E-state index contributed by atoms with van der Waals surface area (Å²) in [4.78, 5) is 29.3. The quantitative estimate of drug-likeness (QED) is 0.862. The maximum Gasteiger partial charge on any atom is 0.328 e. The summed E-state index contributed by atoms with van der Waals surface area (Å²) < 4.78 is 4.82. The molecule has 1 aliphatic heterocycles. The fourth-order valence-corrected chi connectivity index (χ4v) is 2.90. The van der Waals surface area contributed by atoms with Crippen molar-refractivity contribution in [1.82, 2.24) is 9.88 Å². The molecule has 2 aromatic rings. The van der Waals surface area contributed by atoms with E-state index < -0.39 is 6.04 Å². The van der Waals surface area contributed by atoms with Crippen molar-refractivity contribution >= 4 is 22.8 Å². The van der Waals surface area contributed by atoms with Crippen molar-refractivity contribution in [3.8, 4) is 0 Å². The molecule has 0 bridgehead atoms. The number of nitrogens with one attached hydrogen (secondary N) is 1. The highest BCUT2D eigenvalue weighted by Crippen LogP contribution is 2.22. The molecule has 0 saturated carbocycles. The zero-order chi connectivity index (χ0) is 14.8. The summed E-state index contributed by atoms with van der Waals surface area (Å²) in [5.41, 5.74) is 1.52. The Hall–Kier alpha value is -2.30. The minimum absolute atomic E-state index is 0.110. The first-order valence-electron chi connectivity index (χ1n) is 7.16. The molecule has 0 aliphatic carbocycles. The van der Waals surface area contributed by atoms with Crippen LogP contribution in [-0.2, 0) is 9.53 Å². The first-order chi connectivity index (χ1) is 10.2. The van der Waals surface area contributed by atoms with Crippen molar-refractivity contribution in [1.29, 1.82) is 0 Å². The summed E-state index contributed by atoms with van der Waals surface area (Å²) in [6.45, 7) is 0.599. The van der Waals surface area contributed by atoms with Gasteiger partial charge in [0.2, 0.25) is 0 Å². The lowest BCUT2D eigenvalue weighted by molar-refractivity contribution is -0.147. The first-order valence-corrected chi connectivity index (χ1v) is 7.16. The van der Waals surface area contributed by atoms with Crippen LogP contribution in [0, 0.1) is 0 Å². The van der Waals surface area contributed by atoms with Crippen LogP contribution in [-0.4, -0.2) is 41.5 Å². The van der Waals surface area contributed by atoms with Crippen LogP contribution in [0.25, 0.3) is 10.9 Å². The van der Waals surface area contributed by atoms with Crippen LogP contribution in [0.1, 0.15) is 29.6 Å². The van der Waals surface area contributed by atoms with E-state index in [2.05, 4.69) is 4.98 Å². The van der Waals surface area contributed by atoms with E-state index in [-0.39, 0.29) is 11.9 Å². The maximum absolute atomic E-state index is 12.7. The summed E-state index contributed by atoms with van der Waals surface area (Å²) in [7, 11) is 1.37. The number of ether oxygens (including phenoxy) is 1. The molecule has 0 spiro atoms. The maximum atomic E-state index is 12.7. The Kier molecular flexibility index (Phi) is 3.64. The van der Waals surface area contributed by atoms with Gasteiger partial charge < -0.3 is 14.6 Å². The van der Waals surface area contributed by atoms with Crippen molar-refractivity contribution < 1.29 is 14.3 Å². The number of carbonyl (C=O) groups excluding carboxylic acids is 2. The van der Waals surface area contributed by atoms with E-state index in [1.807, 2.05) is 24.4 Å². The topological polar surface area (TPSA) is 62.4 Å². The number of hydrogen-bond acceptors (Lipinski definition) is 3. The smallest absolute Gasteiger partial charge is 0.328 e. The van der Waals surface area contributed by atoms with Gasteiger partial charge in [-0.05, 0) is 42.8 Å². The van der Waals surface area contributed by atoms with E-state index >= 15 is 0 Å². The molecule has 3 rings (SSSR count). The predicted octanol–water partition coefficient (Wildman–Crippen LogP) is 2.34. The van der Waals surface area contributed by atoms with Gasteiger partial charge in [-0.3, -0.25) is 4.79 Å². The van der Waals surface area contributed by atoms with Gasteiger partial charge in [0.1, 0.15) is 6.04 Å². The third-order valence-corrected chi connectivity index (χ3v) is 4.04. The third-order valence-electron chi connectivity index (χ3n) is 4.04. The van der Waals surface area contributed by atoms with Gasteiger partial charge in [-0.15, -0.1) is 0 Å². The number of aromatic amines is 1. The number of H-pyrrole nitrogens is 1. The second-order valence-corrected chi connectivity index (χ2v) is 5.31. The average molecular weight is 286 g/mol. The molecule has 1 amide bonds. The molecule has 1 aromatic carbocycles. The Labute approximate surface area is 122 Å². The molecule has 5 nitrogen and oxygen atoms in total. The van der Waals surface area contributed by atoms with E-state index in [0.29, 0.717) is 18.5 Å². The number of carbonyl (C=O) groups is 2. The van der Waals surface area contributed by atoms with E-state index in [1.165, 1.54) is 7.11 Å². The molecular weight excluding hydrogens is 268 g/mol. The normalized spacial score (nSPS) is 18.7. The molecule has 1 fully saturated rings. The number of amides is 1. The van der Waals surface area contributed by atoms with Gasteiger partial charge in [-0.2, -0.15) is 0 Å². The second-order valence-electron chi connectivity index (χ2n) is 5.31. The van der Waals surface area contributed by atoms with Crippen LogP contribution in [0.2, 0.25) is 0 Å². The minimum Gasteiger partial charge on any atom is -0.467 e. The molecule has 1 aliphatic rings. The highest BCUT2D eigenvalue weighted by Gasteiger charge is 2.33. The van der Waals surface area contributed by atoms with Gasteiger partial charge >= 0.3 is 5.97 Å². The molecule has 5 heteroatoms. The van der Waals surface area contributed by atoms with Gasteiger partial charge in [0.15, 0.2) is 0 Å². The van der Waals surface area contributed by atoms with Crippen LogP contribution < -0.4 is 0 Å². The average Bonchev–Trinajstić information content (AvgIpc) is 3.01. The Balaban J connectivity index is 1.89. The van der Waals surface area contributed by atoms with Crippen LogP contribution in [0.15, 0.2) is 30.5 Å². The molecule has 110 valence electrons. The number of piperidine rings is 1. The van der Waals surface area contributed by atoms with Gasteiger partial charge in [0.05, 0.1) is 7.11 Å². The van der Waals surface area contributed by atoms with Crippen LogP contribution in [0.5, 0.6) is 0 Å². The van der Waals surface area contributed by atoms with Crippen molar-refractivity contribution in [3.63, 3.8) is 0 Å². The van der Waals surface area contributed by atoms with E-state index in [1.54, 1.807) is 11.0 Å². The van der Waals surface area contributed by atoms with Crippen molar-refractivity contribution in [2.24, 2.45) is 0 Å². The van der Waals surface area contributed by atoms with Gasteiger partial charge in [0, 0.05) is 23.8 Å². The minimum atomic E-state index is -0.462. The fraction of sp³-hybridized carbons (Fsp3) is 0.375. The zero-order valence-electron chi connectivity index (χ0n) is 12.0. The van der Waals surface area contributed by atoms with Crippen LogP contribution >= 0.6 is 0 Å². The Bertz CT molecular complexity index is 677. The number of rotatable bonds is 2. The Morgan fingerprint density at radius 3 is 2.95 bits per heavy atom. The van der Waals surface area contributed by atoms with Crippen LogP contribution in [0.4, 0.5) is 0 Å². The lowest BCUT2D eigenvalue weighted by Crippen LogP contribution is -2.48. The lowest BCUT2D eigenvalue weighted by Gasteiger charge is -2.33. The molecule has 2 heterocycles. The van der Waals surface area contributed by atoms with Gasteiger partial charge in [-0.1, -0.05) is 6.07 Å². The number of esters is 1. The number of benzene rings is 1. The van der Waals surface area contributed by atoms with Crippen LogP contribution in [0.3, 0.4) is 0 Å². The zero-order valence-corrected chi connectivity index (χ0v) is 12.0. The van der Waals surface area contributed by atoms with Crippen molar-refractivity contribution in [3.05, 3.63) is 36.0 Å².